The molecule has 5 rings (SSSR count). The van der Waals surface area contributed by atoms with Gasteiger partial charge in [-0.15, -0.1) is 11.3 Å². The highest BCUT2D eigenvalue weighted by Crippen LogP contribution is 2.40. The number of rotatable bonds is 5. The maximum Gasteiger partial charge on any atom is 0.419 e. The van der Waals surface area contributed by atoms with Gasteiger partial charge in [0.25, 0.3) is 10.0 Å². The molecule has 0 radical (unpaired) electrons. The molecule has 0 N–H and O–H groups in total. The summed E-state index contributed by atoms with van der Waals surface area (Å²) in [6.45, 7) is 0. The third-order valence-corrected chi connectivity index (χ3v) is 8.10. The second kappa shape index (κ2) is 8.73. The van der Waals surface area contributed by atoms with E-state index in [2.05, 4.69) is 19.9 Å². The molecule has 0 saturated carbocycles. The summed E-state index contributed by atoms with van der Waals surface area (Å²) < 4.78 is 69.7. The molecule has 0 unspecified atom stereocenters. The summed E-state index contributed by atoms with van der Waals surface area (Å²) in [6, 6.07) is 10.7. The highest BCUT2D eigenvalue weighted by atomic mass is 32.2. The average molecular weight is 534 g/mol. The van der Waals surface area contributed by atoms with Gasteiger partial charge in [-0.3, -0.25) is 0 Å². The molecule has 0 bridgehead atoms. The lowest BCUT2D eigenvalue weighted by Crippen LogP contribution is -2.12. The first-order chi connectivity index (χ1) is 16.7. The van der Waals surface area contributed by atoms with Crippen LogP contribution >= 0.6 is 23.1 Å². The number of fused-ring (bicyclic) bond motifs is 1. The van der Waals surface area contributed by atoms with Crippen LogP contribution in [0.2, 0.25) is 0 Å². The molecule has 35 heavy (non-hydrogen) atoms. The van der Waals surface area contributed by atoms with Crippen LogP contribution in [0.15, 0.2) is 76.5 Å². The minimum absolute atomic E-state index is 0.0253. The third-order valence-electron chi connectivity index (χ3n) is 5.08. The molecule has 4 aromatic heterocycles. The Bertz CT molecular complexity index is 1630. The predicted molar refractivity (Wildman–Crippen MR) is 128 cm³/mol. The van der Waals surface area contributed by atoms with Crippen molar-refractivity contribution in [3.8, 4) is 22.0 Å². The first-order valence-corrected chi connectivity index (χ1v) is 13.5. The number of thioether (sulfide) groups is 1. The fraction of sp³-hybridized carbons (Fsp3) is 0.0909. The van der Waals surface area contributed by atoms with E-state index in [-0.39, 0.29) is 26.6 Å². The Balaban J connectivity index is 1.85. The van der Waals surface area contributed by atoms with Crippen LogP contribution in [0.4, 0.5) is 13.2 Å². The van der Waals surface area contributed by atoms with Gasteiger partial charge in [0.15, 0.2) is 10.8 Å². The Labute approximate surface area is 205 Å². The van der Waals surface area contributed by atoms with Gasteiger partial charge in [-0.2, -0.15) is 13.2 Å². The normalized spacial score (nSPS) is 12.3. The molecule has 0 fully saturated rings. The summed E-state index contributed by atoms with van der Waals surface area (Å²) in [7, 11) is -4.20. The van der Waals surface area contributed by atoms with Gasteiger partial charge in [-0.1, -0.05) is 30.0 Å². The minimum Gasteiger partial charge on any atom is -0.243 e. The van der Waals surface area contributed by atoms with Gasteiger partial charge in [-0.05, 0) is 30.5 Å². The zero-order chi connectivity index (χ0) is 24.8. The van der Waals surface area contributed by atoms with Crippen molar-refractivity contribution in [2.75, 3.05) is 6.26 Å². The molecule has 0 aliphatic carbocycles. The first-order valence-electron chi connectivity index (χ1n) is 9.91. The lowest BCUT2D eigenvalue weighted by molar-refractivity contribution is -0.137. The average Bonchev–Trinajstić information content (AvgIpc) is 3.52. The summed E-state index contributed by atoms with van der Waals surface area (Å²) in [5.41, 5.74) is -1.16. The van der Waals surface area contributed by atoms with Crippen molar-refractivity contribution in [3.63, 3.8) is 0 Å². The maximum atomic E-state index is 13.9. The van der Waals surface area contributed by atoms with Crippen LogP contribution in [-0.2, 0) is 16.2 Å². The molecule has 13 heteroatoms. The Hall–Kier alpha value is -3.29. The van der Waals surface area contributed by atoms with Crippen molar-refractivity contribution in [2.45, 2.75) is 16.2 Å². The molecule has 5 aromatic rings. The second-order valence-corrected chi connectivity index (χ2v) is 10.7. The standard InChI is InChI=1S/C22H14F3N5O2S3/c1-33-21-27-11-16(22(23,24)25)18(29-21)15-12-30(35(31,32)13-5-3-2-4-6-13)19-14(15)7-8-17(28-19)20-26-9-10-34-20/h2-12H,1H3. The van der Waals surface area contributed by atoms with Crippen LogP contribution in [-0.4, -0.2) is 38.6 Å². The monoisotopic (exact) mass is 533 g/mol. The van der Waals surface area contributed by atoms with Crippen LogP contribution in [0.5, 0.6) is 0 Å². The lowest BCUT2D eigenvalue weighted by atomic mass is 10.1. The topological polar surface area (TPSA) is 90.6 Å². The molecule has 1 aromatic carbocycles. The van der Waals surface area contributed by atoms with Crippen LogP contribution < -0.4 is 0 Å². The van der Waals surface area contributed by atoms with E-state index in [4.69, 9.17) is 0 Å². The maximum absolute atomic E-state index is 13.9. The number of pyridine rings is 1. The van der Waals surface area contributed by atoms with Crippen molar-refractivity contribution in [3.05, 3.63) is 72.0 Å². The smallest absolute Gasteiger partial charge is 0.243 e. The Kier molecular flexibility index (Phi) is 5.85. The SMILES string of the molecule is CSc1ncc(C(F)(F)F)c(-c2cn(S(=O)(=O)c3ccccc3)c3nc(-c4nccs4)ccc23)n1. The van der Waals surface area contributed by atoms with Crippen molar-refractivity contribution in [1.82, 2.24) is 23.9 Å². The van der Waals surface area contributed by atoms with Gasteiger partial charge < -0.3 is 0 Å². The molecule has 0 amide bonds. The van der Waals surface area contributed by atoms with Gasteiger partial charge in [0.2, 0.25) is 0 Å². The van der Waals surface area contributed by atoms with Crippen LogP contribution in [0.25, 0.3) is 33.0 Å². The van der Waals surface area contributed by atoms with Gasteiger partial charge in [-0.25, -0.2) is 32.3 Å². The Morgan fingerprint density at radius 3 is 2.46 bits per heavy atom. The number of halogens is 3. The molecular weight excluding hydrogens is 519 g/mol. The molecule has 178 valence electrons. The van der Waals surface area contributed by atoms with E-state index in [1.165, 1.54) is 29.5 Å². The molecule has 0 atom stereocenters. The van der Waals surface area contributed by atoms with E-state index in [9.17, 15) is 21.6 Å². The van der Waals surface area contributed by atoms with E-state index in [1.54, 1.807) is 42.1 Å². The van der Waals surface area contributed by atoms with Crippen molar-refractivity contribution in [2.24, 2.45) is 0 Å². The number of hydrogen-bond donors (Lipinski definition) is 0. The Morgan fingerprint density at radius 2 is 1.80 bits per heavy atom. The summed E-state index contributed by atoms with van der Waals surface area (Å²) in [5, 5.41) is 2.60. The molecule has 0 aliphatic heterocycles. The highest BCUT2D eigenvalue weighted by Gasteiger charge is 2.37. The summed E-state index contributed by atoms with van der Waals surface area (Å²) >= 11 is 2.38. The van der Waals surface area contributed by atoms with Gasteiger partial charge >= 0.3 is 6.18 Å². The molecule has 7 nitrogen and oxygen atoms in total. The quantitative estimate of drug-likeness (QED) is 0.215. The van der Waals surface area contributed by atoms with E-state index in [0.717, 1.165) is 21.9 Å². The van der Waals surface area contributed by atoms with E-state index in [0.29, 0.717) is 16.9 Å². The summed E-state index contributed by atoms with van der Waals surface area (Å²) in [5.74, 6) is 0. The van der Waals surface area contributed by atoms with Crippen molar-refractivity contribution >= 4 is 44.2 Å². The fourth-order valence-electron chi connectivity index (χ4n) is 3.50. The van der Waals surface area contributed by atoms with Crippen molar-refractivity contribution in [1.29, 1.82) is 0 Å². The zero-order valence-corrected chi connectivity index (χ0v) is 20.2. The molecule has 0 saturated heterocycles. The van der Waals surface area contributed by atoms with Crippen LogP contribution in [0.1, 0.15) is 5.56 Å². The molecule has 0 aliphatic rings. The largest absolute Gasteiger partial charge is 0.419 e. The van der Waals surface area contributed by atoms with Crippen LogP contribution in [0.3, 0.4) is 0 Å². The van der Waals surface area contributed by atoms with Gasteiger partial charge in [0, 0.05) is 34.9 Å². The molecule has 4 heterocycles. The molecule has 0 spiro atoms. The Morgan fingerprint density at radius 1 is 1.03 bits per heavy atom. The molecular formula is C22H14F3N5O2S3. The summed E-state index contributed by atoms with van der Waals surface area (Å²) in [6.07, 6.45) is 0.301. The first kappa shape index (κ1) is 23.5. The highest BCUT2D eigenvalue weighted by molar-refractivity contribution is 7.98. The van der Waals surface area contributed by atoms with E-state index < -0.39 is 27.5 Å². The predicted octanol–water partition coefficient (Wildman–Crippen LogP) is 5.59. The van der Waals surface area contributed by atoms with E-state index >= 15 is 0 Å². The number of benzene rings is 1. The summed E-state index contributed by atoms with van der Waals surface area (Å²) in [4.78, 5) is 16.5. The number of nitrogens with zero attached hydrogens (tertiary/aromatic N) is 5. The lowest BCUT2D eigenvalue weighted by Gasteiger charge is -2.11. The third kappa shape index (κ3) is 4.19. The van der Waals surface area contributed by atoms with Gasteiger partial charge in [0.05, 0.1) is 10.6 Å². The second-order valence-electron chi connectivity index (χ2n) is 7.18. The van der Waals surface area contributed by atoms with E-state index in [1.807, 2.05) is 0 Å². The van der Waals surface area contributed by atoms with Gasteiger partial charge in [0.1, 0.15) is 16.3 Å². The number of alkyl halides is 3. The fourth-order valence-corrected chi connectivity index (χ4v) is 5.78. The number of hydrogen-bond acceptors (Lipinski definition) is 8. The zero-order valence-electron chi connectivity index (χ0n) is 17.8. The minimum atomic E-state index is -4.76. The number of thiazole rings is 1. The van der Waals surface area contributed by atoms with Crippen molar-refractivity contribution < 1.29 is 21.6 Å². The van der Waals surface area contributed by atoms with Crippen LogP contribution in [0, 0.1) is 0 Å². The number of aromatic nitrogens is 5.